The molecule has 1 aliphatic rings. The van der Waals surface area contributed by atoms with Crippen molar-refractivity contribution in [2.45, 2.75) is 25.3 Å². The van der Waals surface area contributed by atoms with Gasteiger partial charge in [0.1, 0.15) is 12.4 Å². The molecule has 1 fully saturated rings. The lowest BCUT2D eigenvalue weighted by atomic mass is 10.00. The van der Waals surface area contributed by atoms with E-state index < -0.39 is 11.9 Å². The van der Waals surface area contributed by atoms with Gasteiger partial charge in [-0.3, -0.25) is 14.2 Å². The number of carbonyl (C=O) groups excluding carboxylic acids is 2. The van der Waals surface area contributed by atoms with E-state index in [1.807, 2.05) is 41.0 Å². The maximum Gasteiger partial charge on any atom is 0.254 e. The van der Waals surface area contributed by atoms with Crippen molar-refractivity contribution in [3.63, 3.8) is 0 Å². The predicted octanol–water partition coefficient (Wildman–Crippen LogP) is 3.16. The van der Waals surface area contributed by atoms with Crippen LogP contribution in [0.25, 0.3) is 16.7 Å². The van der Waals surface area contributed by atoms with Crippen LogP contribution in [-0.4, -0.2) is 38.9 Å². The Bertz CT molecular complexity index is 1010. The number of halogens is 1. The highest BCUT2D eigenvalue weighted by Gasteiger charge is 2.31. The van der Waals surface area contributed by atoms with Crippen LogP contribution in [0.3, 0.4) is 0 Å². The summed E-state index contributed by atoms with van der Waals surface area (Å²) in [5, 5.41) is 0.654. The molecule has 6 nitrogen and oxygen atoms in total. The van der Waals surface area contributed by atoms with Crippen LogP contribution >= 0.6 is 11.6 Å². The van der Waals surface area contributed by atoms with Gasteiger partial charge in [0.25, 0.3) is 5.91 Å². The summed E-state index contributed by atoms with van der Waals surface area (Å²) in [6.45, 7) is 0.543. The number of rotatable bonds is 3. The number of imidazole rings is 1. The fraction of sp³-hybridized carbons (Fsp3) is 0.250. The van der Waals surface area contributed by atoms with Gasteiger partial charge in [0.05, 0.1) is 11.0 Å². The lowest BCUT2D eigenvalue weighted by Gasteiger charge is -2.33. The van der Waals surface area contributed by atoms with Crippen molar-refractivity contribution in [2.24, 2.45) is 5.73 Å². The van der Waals surface area contributed by atoms with Crippen LogP contribution < -0.4 is 5.73 Å². The van der Waals surface area contributed by atoms with Gasteiger partial charge in [-0.25, -0.2) is 4.98 Å². The quantitative estimate of drug-likeness (QED) is 0.755. The fourth-order valence-corrected chi connectivity index (χ4v) is 3.71. The van der Waals surface area contributed by atoms with Gasteiger partial charge in [-0.1, -0.05) is 11.6 Å². The Morgan fingerprint density at radius 2 is 1.89 bits per heavy atom. The lowest BCUT2D eigenvalue weighted by Crippen LogP contribution is -2.50. The zero-order chi connectivity index (χ0) is 19.0. The number of carbonyl (C=O) groups is 2. The summed E-state index contributed by atoms with van der Waals surface area (Å²) in [4.78, 5) is 30.8. The monoisotopic (exact) mass is 382 g/mol. The summed E-state index contributed by atoms with van der Waals surface area (Å²) >= 11 is 5.97. The number of primary amides is 1. The molecule has 3 aromatic rings. The minimum atomic E-state index is -0.539. The molecule has 0 radical (unpaired) electrons. The van der Waals surface area contributed by atoms with Gasteiger partial charge in [0, 0.05) is 22.8 Å². The first-order valence-electron chi connectivity index (χ1n) is 8.88. The molecule has 0 aliphatic carbocycles. The Labute approximate surface area is 161 Å². The van der Waals surface area contributed by atoms with E-state index in [0.717, 1.165) is 29.6 Å². The summed E-state index contributed by atoms with van der Waals surface area (Å²) in [6.07, 6.45) is 4.11. The Morgan fingerprint density at radius 1 is 1.11 bits per heavy atom. The number of fused-ring (bicyclic) bond motifs is 1. The molecule has 1 aliphatic heterocycles. The molecule has 2 N–H and O–H groups in total. The fourth-order valence-electron chi connectivity index (χ4n) is 3.58. The highest BCUT2D eigenvalue weighted by Crippen LogP contribution is 2.24. The highest BCUT2D eigenvalue weighted by molar-refractivity contribution is 6.30. The van der Waals surface area contributed by atoms with E-state index in [1.54, 1.807) is 17.3 Å². The van der Waals surface area contributed by atoms with Gasteiger partial charge in [0.2, 0.25) is 5.91 Å². The second-order valence-corrected chi connectivity index (χ2v) is 7.14. The highest BCUT2D eigenvalue weighted by atomic mass is 35.5. The molecule has 138 valence electrons. The number of benzene rings is 2. The van der Waals surface area contributed by atoms with E-state index in [-0.39, 0.29) is 5.91 Å². The number of hydrogen-bond donors (Lipinski definition) is 1. The molecule has 2 amide bonds. The Balaban J connectivity index is 1.72. The number of nitrogens with zero attached hydrogens (tertiary/aromatic N) is 3. The van der Waals surface area contributed by atoms with Crippen LogP contribution in [0, 0.1) is 0 Å². The number of likely N-dealkylation sites (tertiary alicyclic amines) is 1. The summed E-state index contributed by atoms with van der Waals surface area (Å²) in [5.41, 5.74) is 8.52. The summed E-state index contributed by atoms with van der Waals surface area (Å²) < 4.78 is 1.91. The van der Waals surface area contributed by atoms with Crippen molar-refractivity contribution < 1.29 is 9.59 Å². The largest absolute Gasteiger partial charge is 0.368 e. The Kier molecular flexibility index (Phi) is 4.58. The number of aromatic nitrogens is 2. The minimum Gasteiger partial charge on any atom is -0.368 e. The van der Waals surface area contributed by atoms with Crippen LogP contribution in [-0.2, 0) is 4.79 Å². The Morgan fingerprint density at radius 3 is 2.63 bits per heavy atom. The molecule has 1 saturated heterocycles. The van der Waals surface area contributed by atoms with Crippen molar-refractivity contribution in [3.05, 3.63) is 59.4 Å². The molecule has 1 unspecified atom stereocenters. The van der Waals surface area contributed by atoms with E-state index in [4.69, 9.17) is 17.3 Å². The number of hydrogen-bond acceptors (Lipinski definition) is 3. The summed E-state index contributed by atoms with van der Waals surface area (Å²) in [5.74, 6) is -0.625. The molecule has 27 heavy (non-hydrogen) atoms. The Hall–Kier alpha value is -2.86. The van der Waals surface area contributed by atoms with Crippen molar-refractivity contribution in [1.82, 2.24) is 14.5 Å². The number of nitrogens with two attached hydrogens (primary N) is 1. The molecule has 2 heterocycles. The molecule has 0 spiro atoms. The number of piperidine rings is 1. The zero-order valence-corrected chi connectivity index (χ0v) is 15.4. The van der Waals surface area contributed by atoms with Crippen LogP contribution in [0.1, 0.15) is 29.6 Å². The molecular weight excluding hydrogens is 364 g/mol. The van der Waals surface area contributed by atoms with Crippen molar-refractivity contribution in [3.8, 4) is 5.69 Å². The van der Waals surface area contributed by atoms with E-state index >= 15 is 0 Å². The van der Waals surface area contributed by atoms with E-state index in [1.165, 1.54) is 0 Å². The predicted molar refractivity (Wildman–Crippen MR) is 104 cm³/mol. The van der Waals surface area contributed by atoms with Gasteiger partial charge >= 0.3 is 0 Å². The summed E-state index contributed by atoms with van der Waals surface area (Å²) in [6, 6.07) is 12.2. The van der Waals surface area contributed by atoms with Crippen molar-refractivity contribution >= 4 is 34.4 Å². The van der Waals surface area contributed by atoms with Crippen LogP contribution in [0.5, 0.6) is 0 Å². The minimum absolute atomic E-state index is 0.177. The zero-order valence-electron chi connectivity index (χ0n) is 14.6. The van der Waals surface area contributed by atoms with E-state index in [9.17, 15) is 9.59 Å². The molecule has 0 bridgehead atoms. The smallest absolute Gasteiger partial charge is 0.254 e. The molecule has 1 aromatic heterocycles. The molecule has 7 heteroatoms. The first-order chi connectivity index (χ1) is 13.0. The summed E-state index contributed by atoms with van der Waals surface area (Å²) in [7, 11) is 0. The average Bonchev–Trinajstić information content (AvgIpc) is 3.11. The normalized spacial score (nSPS) is 17.2. The van der Waals surface area contributed by atoms with Crippen LogP contribution in [0.15, 0.2) is 48.8 Å². The maximum absolute atomic E-state index is 13.0. The van der Waals surface area contributed by atoms with Gasteiger partial charge in [-0.15, -0.1) is 0 Å². The third kappa shape index (κ3) is 3.28. The molecule has 1 atom stereocenters. The van der Waals surface area contributed by atoms with Crippen molar-refractivity contribution in [2.75, 3.05) is 6.54 Å². The topological polar surface area (TPSA) is 81.2 Å². The van der Waals surface area contributed by atoms with Gasteiger partial charge in [-0.2, -0.15) is 0 Å². The van der Waals surface area contributed by atoms with E-state index in [0.29, 0.717) is 23.6 Å². The molecule has 0 saturated carbocycles. The standard InChI is InChI=1S/C20H19ClN4O2/c21-14-5-7-15(8-6-14)25-12-23-16-9-4-13(11-18(16)25)20(27)24-10-2-1-3-17(24)19(22)26/h4-9,11-12,17H,1-3,10H2,(H2,22,26). The maximum atomic E-state index is 13.0. The van der Waals surface area contributed by atoms with E-state index in [2.05, 4.69) is 4.98 Å². The van der Waals surface area contributed by atoms with Gasteiger partial charge in [0.15, 0.2) is 0 Å². The first-order valence-corrected chi connectivity index (χ1v) is 9.26. The third-order valence-electron chi connectivity index (χ3n) is 4.99. The third-order valence-corrected chi connectivity index (χ3v) is 5.24. The lowest BCUT2D eigenvalue weighted by molar-refractivity contribution is -0.123. The first kappa shape index (κ1) is 17.5. The second-order valence-electron chi connectivity index (χ2n) is 6.71. The van der Waals surface area contributed by atoms with Crippen molar-refractivity contribution in [1.29, 1.82) is 0 Å². The van der Waals surface area contributed by atoms with Gasteiger partial charge in [-0.05, 0) is 61.7 Å². The second kappa shape index (κ2) is 7.04. The average molecular weight is 383 g/mol. The molecule has 4 rings (SSSR count). The molecule has 2 aromatic carbocycles. The SMILES string of the molecule is NC(=O)C1CCCCN1C(=O)c1ccc2ncn(-c3ccc(Cl)cc3)c2c1. The van der Waals surface area contributed by atoms with Gasteiger partial charge < -0.3 is 10.6 Å². The molecular formula is C20H19ClN4O2. The number of amides is 2. The van der Waals surface area contributed by atoms with Crippen LogP contribution in [0.2, 0.25) is 5.02 Å². The van der Waals surface area contributed by atoms with Crippen LogP contribution in [0.4, 0.5) is 0 Å².